The normalized spacial score (nSPS) is 12.2. The molecule has 0 aliphatic carbocycles. The highest BCUT2D eigenvalue weighted by atomic mass is 32.2. The fourth-order valence-electron chi connectivity index (χ4n) is 1.73. The quantitative estimate of drug-likeness (QED) is 0.865. The molecule has 3 nitrogen and oxygen atoms in total. The summed E-state index contributed by atoms with van der Waals surface area (Å²) < 4.78 is 77.0. The molecule has 8 heteroatoms. The van der Waals surface area contributed by atoms with Gasteiger partial charge in [-0.3, -0.25) is 4.72 Å². The van der Waals surface area contributed by atoms with Gasteiger partial charge in [0.25, 0.3) is 10.0 Å². The third-order valence-electron chi connectivity index (χ3n) is 2.86. The van der Waals surface area contributed by atoms with Gasteiger partial charge in [0.15, 0.2) is 0 Å². The maximum absolute atomic E-state index is 13.6. The minimum atomic E-state index is -4.56. The highest BCUT2D eigenvalue weighted by molar-refractivity contribution is 7.92. The van der Waals surface area contributed by atoms with Gasteiger partial charge < -0.3 is 0 Å². The van der Waals surface area contributed by atoms with Crippen LogP contribution in [0, 0.1) is 12.7 Å². The number of aryl methyl sites for hydroxylation is 1. The maximum Gasteiger partial charge on any atom is 0.416 e. The van der Waals surface area contributed by atoms with Gasteiger partial charge in [-0.15, -0.1) is 0 Å². The first-order valence-electron chi connectivity index (χ1n) is 6.06. The Hall–Kier alpha value is -2.09. The molecule has 0 saturated carbocycles. The second-order valence-electron chi connectivity index (χ2n) is 4.61. The van der Waals surface area contributed by atoms with Gasteiger partial charge in [0.2, 0.25) is 0 Å². The molecule has 0 bridgehead atoms. The van der Waals surface area contributed by atoms with E-state index in [1.54, 1.807) is 6.92 Å². The molecule has 0 aliphatic rings. The number of benzene rings is 2. The Bertz CT molecular complexity index is 783. The average Bonchev–Trinajstić information content (AvgIpc) is 2.41. The lowest BCUT2D eigenvalue weighted by atomic mass is 10.2. The van der Waals surface area contributed by atoms with Crippen molar-refractivity contribution in [2.75, 3.05) is 4.72 Å². The Kier molecular flexibility index (Phi) is 4.15. The largest absolute Gasteiger partial charge is 0.416 e. The van der Waals surface area contributed by atoms with Crippen molar-refractivity contribution in [1.82, 2.24) is 0 Å². The molecule has 0 amide bonds. The van der Waals surface area contributed by atoms with Crippen molar-refractivity contribution in [3.63, 3.8) is 0 Å². The molecule has 0 aromatic heterocycles. The number of hydrogen-bond donors (Lipinski definition) is 1. The van der Waals surface area contributed by atoms with E-state index in [1.807, 2.05) is 4.72 Å². The van der Waals surface area contributed by atoms with Crippen molar-refractivity contribution in [2.45, 2.75) is 18.0 Å². The van der Waals surface area contributed by atoms with Crippen LogP contribution >= 0.6 is 0 Å². The first-order chi connectivity index (χ1) is 10.1. The van der Waals surface area contributed by atoms with E-state index in [9.17, 15) is 26.0 Å². The first-order valence-corrected chi connectivity index (χ1v) is 7.54. The fraction of sp³-hybridized carbons (Fsp3) is 0.143. The number of anilines is 1. The van der Waals surface area contributed by atoms with Crippen molar-refractivity contribution in [2.24, 2.45) is 0 Å². The zero-order chi connectivity index (χ0) is 16.5. The second kappa shape index (κ2) is 5.60. The highest BCUT2D eigenvalue weighted by Gasteiger charge is 2.30. The van der Waals surface area contributed by atoms with E-state index < -0.39 is 27.6 Å². The molecule has 2 rings (SSSR count). The summed E-state index contributed by atoms with van der Waals surface area (Å²) in [6.45, 7) is 1.64. The number of halogens is 4. The molecular weight excluding hydrogens is 322 g/mol. The summed E-state index contributed by atoms with van der Waals surface area (Å²) in [6.07, 6.45) is -4.56. The molecule has 0 aliphatic heterocycles. The Balaban J connectivity index is 2.31. The van der Waals surface area contributed by atoms with Crippen molar-refractivity contribution in [3.8, 4) is 0 Å². The van der Waals surface area contributed by atoms with Crippen molar-refractivity contribution >= 4 is 15.7 Å². The number of rotatable bonds is 3. The van der Waals surface area contributed by atoms with E-state index in [0.717, 1.165) is 18.2 Å². The van der Waals surface area contributed by atoms with Crippen LogP contribution in [0.3, 0.4) is 0 Å². The predicted octanol–water partition coefficient (Wildman–Crippen LogP) is 3.95. The van der Waals surface area contributed by atoms with Crippen LogP contribution in [0.1, 0.15) is 11.1 Å². The summed E-state index contributed by atoms with van der Waals surface area (Å²) in [5.74, 6) is -0.768. The Morgan fingerprint density at radius 1 is 1.00 bits per heavy atom. The third-order valence-corrected chi connectivity index (χ3v) is 4.24. The van der Waals surface area contributed by atoms with Crippen molar-refractivity contribution in [1.29, 1.82) is 0 Å². The minimum absolute atomic E-state index is 0.273. The molecule has 1 N–H and O–H groups in total. The van der Waals surface area contributed by atoms with Crippen LogP contribution < -0.4 is 4.72 Å². The van der Waals surface area contributed by atoms with E-state index in [2.05, 4.69) is 0 Å². The van der Waals surface area contributed by atoms with Gasteiger partial charge in [0.1, 0.15) is 5.82 Å². The Labute approximate surface area is 124 Å². The van der Waals surface area contributed by atoms with Crippen LogP contribution in [-0.2, 0) is 16.2 Å². The van der Waals surface area contributed by atoms with Gasteiger partial charge in [-0.05, 0) is 48.9 Å². The topological polar surface area (TPSA) is 46.2 Å². The van der Waals surface area contributed by atoms with Crippen LogP contribution in [0.5, 0.6) is 0 Å². The second-order valence-corrected chi connectivity index (χ2v) is 6.29. The summed E-state index contributed by atoms with van der Waals surface area (Å²) in [4.78, 5) is -0.388. The van der Waals surface area contributed by atoms with Crippen molar-refractivity contribution in [3.05, 3.63) is 59.4 Å². The van der Waals surface area contributed by atoms with E-state index in [-0.39, 0.29) is 10.6 Å². The first kappa shape index (κ1) is 16.3. The molecule has 2 aromatic rings. The molecule has 0 spiro atoms. The third kappa shape index (κ3) is 3.56. The van der Waals surface area contributed by atoms with E-state index in [1.165, 1.54) is 12.1 Å². The zero-order valence-corrected chi connectivity index (χ0v) is 12.1. The standard InChI is InChI=1S/C14H11F4NO2S/c1-9-2-7-13(12(15)8-9)19-22(20,21)11-5-3-10(4-6-11)14(16,17)18/h2-8,19H,1H3. The van der Waals surface area contributed by atoms with Crippen LogP contribution in [0.4, 0.5) is 23.2 Å². The van der Waals surface area contributed by atoms with Crippen LogP contribution in [0.15, 0.2) is 47.4 Å². The van der Waals surface area contributed by atoms with Crippen LogP contribution in [0.2, 0.25) is 0 Å². The zero-order valence-electron chi connectivity index (χ0n) is 11.3. The number of sulfonamides is 1. The lowest BCUT2D eigenvalue weighted by Crippen LogP contribution is -2.14. The SMILES string of the molecule is Cc1ccc(NS(=O)(=O)c2ccc(C(F)(F)F)cc2)c(F)c1. The lowest BCUT2D eigenvalue weighted by molar-refractivity contribution is -0.137. The molecule has 22 heavy (non-hydrogen) atoms. The molecule has 0 saturated heterocycles. The average molecular weight is 333 g/mol. The van der Waals surface area contributed by atoms with Crippen molar-refractivity contribution < 1.29 is 26.0 Å². The molecular formula is C14H11F4NO2S. The summed E-state index contributed by atoms with van der Waals surface area (Å²) in [7, 11) is -4.17. The van der Waals surface area contributed by atoms with Gasteiger partial charge in [-0.25, -0.2) is 12.8 Å². The summed E-state index contributed by atoms with van der Waals surface area (Å²) >= 11 is 0. The molecule has 0 unspecified atom stereocenters. The predicted molar refractivity (Wildman–Crippen MR) is 73.4 cm³/mol. The molecule has 118 valence electrons. The van der Waals surface area contributed by atoms with Crippen LogP contribution in [0.25, 0.3) is 0 Å². The highest BCUT2D eigenvalue weighted by Crippen LogP contribution is 2.30. The summed E-state index contributed by atoms with van der Waals surface area (Å²) in [6, 6.07) is 6.83. The number of hydrogen-bond acceptors (Lipinski definition) is 2. The minimum Gasteiger partial charge on any atom is -0.277 e. The number of nitrogens with one attached hydrogen (secondary N) is 1. The molecule has 2 aromatic carbocycles. The summed E-state index contributed by atoms with van der Waals surface area (Å²) in [5, 5.41) is 0. The molecule has 0 fully saturated rings. The van der Waals surface area contributed by atoms with Gasteiger partial charge in [-0.2, -0.15) is 13.2 Å². The smallest absolute Gasteiger partial charge is 0.277 e. The maximum atomic E-state index is 13.6. The Morgan fingerprint density at radius 2 is 1.59 bits per heavy atom. The van der Waals surface area contributed by atoms with Gasteiger partial charge in [0.05, 0.1) is 16.1 Å². The fourth-order valence-corrected chi connectivity index (χ4v) is 2.80. The van der Waals surface area contributed by atoms with E-state index in [0.29, 0.717) is 17.7 Å². The lowest BCUT2D eigenvalue weighted by Gasteiger charge is -2.11. The summed E-state index contributed by atoms with van der Waals surface area (Å²) in [5.41, 5.74) is -0.631. The van der Waals surface area contributed by atoms with Gasteiger partial charge in [0, 0.05) is 0 Å². The van der Waals surface area contributed by atoms with Gasteiger partial charge >= 0.3 is 6.18 Å². The van der Waals surface area contributed by atoms with Crippen LogP contribution in [-0.4, -0.2) is 8.42 Å². The van der Waals surface area contributed by atoms with Gasteiger partial charge in [-0.1, -0.05) is 6.07 Å². The Morgan fingerprint density at radius 3 is 2.09 bits per heavy atom. The number of alkyl halides is 3. The molecule has 0 heterocycles. The van der Waals surface area contributed by atoms with E-state index in [4.69, 9.17) is 0 Å². The molecule has 0 atom stereocenters. The monoisotopic (exact) mass is 333 g/mol. The molecule has 0 radical (unpaired) electrons. The van der Waals surface area contributed by atoms with E-state index >= 15 is 0 Å².